The largest absolute Gasteiger partial charge is 0.299 e. The quantitative estimate of drug-likeness (QED) is 0.758. The molecule has 0 radical (unpaired) electrons. The first-order valence-corrected chi connectivity index (χ1v) is 6.99. The molecule has 0 bridgehead atoms. The summed E-state index contributed by atoms with van der Waals surface area (Å²) >= 11 is 18.0. The molecular weight excluding hydrogens is 322 g/mol. The number of benzene rings is 2. The topological polar surface area (TPSA) is 17.1 Å². The van der Waals surface area contributed by atoms with Gasteiger partial charge in [0.1, 0.15) is 11.6 Å². The number of rotatable bonds is 4. The third kappa shape index (κ3) is 3.72. The summed E-state index contributed by atoms with van der Waals surface area (Å²) in [6.07, 6.45) is 0.128. The molecule has 0 aromatic heterocycles. The monoisotopic (exact) mass is 330 g/mol. The predicted octanol–water partition coefficient (Wildman–Crippen LogP) is 5.14. The summed E-state index contributed by atoms with van der Waals surface area (Å²) in [5.74, 6) is -0.555. The summed E-state index contributed by atoms with van der Waals surface area (Å²) in [6.45, 7) is 0. The van der Waals surface area contributed by atoms with Gasteiger partial charge in [-0.2, -0.15) is 0 Å². The molecule has 0 saturated carbocycles. The Kier molecular flexibility index (Phi) is 5.03. The molecule has 0 aliphatic rings. The Morgan fingerprint density at radius 1 is 0.950 bits per heavy atom. The van der Waals surface area contributed by atoms with Gasteiger partial charge in [-0.25, -0.2) is 4.39 Å². The molecule has 0 aliphatic heterocycles. The minimum Gasteiger partial charge on any atom is -0.299 e. The van der Waals surface area contributed by atoms with Gasteiger partial charge in [-0.15, -0.1) is 0 Å². The molecule has 0 heterocycles. The lowest BCUT2D eigenvalue weighted by atomic mass is 10.0. The Balaban J connectivity index is 2.15. The van der Waals surface area contributed by atoms with Crippen LogP contribution < -0.4 is 0 Å². The van der Waals surface area contributed by atoms with Crippen LogP contribution in [0.2, 0.25) is 15.1 Å². The summed E-state index contributed by atoms with van der Waals surface area (Å²) in [5, 5.41) is 1.25. The molecule has 5 heteroatoms. The van der Waals surface area contributed by atoms with Gasteiger partial charge in [0.05, 0.1) is 0 Å². The Bertz CT molecular complexity index is 635. The van der Waals surface area contributed by atoms with E-state index >= 15 is 0 Å². The number of halogens is 4. The highest BCUT2D eigenvalue weighted by atomic mass is 35.5. The maximum absolute atomic E-state index is 13.1. The van der Waals surface area contributed by atoms with E-state index in [9.17, 15) is 9.18 Å². The maximum Gasteiger partial charge on any atom is 0.141 e. The van der Waals surface area contributed by atoms with Crippen molar-refractivity contribution < 1.29 is 9.18 Å². The van der Waals surface area contributed by atoms with E-state index in [0.717, 1.165) is 0 Å². The van der Waals surface area contributed by atoms with Crippen molar-refractivity contribution in [2.45, 2.75) is 12.8 Å². The third-order valence-corrected chi connectivity index (χ3v) is 3.91. The number of Topliss-reactive ketones (excluding diaryl/α,β-unsaturated/α-hetero) is 1. The SMILES string of the molecule is O=C(Cc1cc(F)ccc1Cl)Cc1c(Cl)cccc1Cl. The van der Waals surface area contributed by atoms with E-state index in [4.69, 9.17) is 34.8 Å². The molecule has 0 aliphatic carbocycles. The molecule has 2 aromatic carbocycles. The van der Waals surface area contributed by atoms with Gasteiger partial charge in [-0.1, -0.05) is 40.9 Å². The lowest BCUT2D eigenvalue weighted by molar-refractivity contribution is -0.117. The van der Waals surface area contributed by atoms with Crippen molar-refractivity contribution >= 4 is 40.6 Å². The highest BCUT2D eigenvalue weighted by molar-refractivity contribution is 6.36. The first-order valence-electron chi connectivity index (χ1n) is 5.86. The van der Waals surface area contributed by atoms with Crippen LogP contribution in [-0.2, 0) is 17.6 Å². The Hall–Kier alpha value is -1.09. The number of hydrogen-bond donors (Lipinski definition) is 0. The average Bonchev–Trinajstić information content (AvgIpc) is 2.38. The van der Waals surface area contributed by atoms with E-state index in [0.29, 0.717) is 26.2 Å². The lowest BCUT2D eigenvalue weighted by Crippen LogP contribution is -2.08. The minimum atomic E-state index is -0.423. The van der Waals surface area contributed by atoms with Crippen LogP contribution in [0.15, 0.2) is 36.4 Å². The van der Waals surface area contributed by atoms with Gasteiger partial charge < -0.3 is 0 Å². The van der Waals surface area contributed by atoms with Crippen LogP contribution in [0.5, 0.6) is 0 Å². The standard InChI is InChI=1S/C15H10Cl3FO/c16-13-5-4-10(19)6-9(13)7-11(20)8-12-14(17)2-1-3-15(12)18/h1-6H,7-8H2. The van der Waals surface area contributed by atoms with Gasteiger partial charge in [0.25, 0.3) is 0 Å². The van der Waals surface area contributed by atoms with E-state index in [-0.39, 0.29) is 18.6 Å². The van der Waals surface area contributed by atoms with Crippen LogP contribution >= 0.6 is 34.8 Å². The number of carbonyl (C=O) groups is 1. The van der Waals surface area contributed by atoms with Gasteiger partial charge in [-0.3, -0.25) is 4.79 Å². The van der Waals surface area contributed by atoms with E-state index < -0.39 is 5.82 Å². The molecule has 2 rings (SSSR count). The van der Waals surface area contributed by atoms with Crippen molar-refractivity contribution in [2.24, 2.45) is 0 Å². The van der Waals surface area contributed by atoms with Crippen LogP contribution in [0.1, 0.15) is 11.1 Å². The first kappa shape index (κ1) is 15.3. The van der Waals surface area contributed by atoms with E-state index in [1.807, 2.05) is 0 Å². The molecule has 20 heavy (non-hydrogen) atoms. The molecule has 1 nitrogen and oxygen atoms in total. The lowest BCUT2D eigenvalue weighted by Gasteiger charge is -2.07. The van der Waals surface area contributed by atoms with Crippen molar-refractivity contribution in [2.75, 3.05) is 0 Å². The summed E-state index contributed by atoms with van der Waals surface area (Å²) in [4.78, 5) is 12.1. The first-order chi connectivity index (χ1) is 9.47. The normalized spacial score (nSPS) is 10.6. The molecule has 0 amide bonds. The fourth-order valence-corrected chi connectivity index (χ4v) is 2.57. The van der Waals surface area contributed by atoms with E-state index in [1.54, 1.807) is 18.2 Å². The second-order valence-corrected chi connectivity index (χ2v) is 5.55. The summed E-state index contributed by atoms with van der Waals surface area (Å²) in [7, 11) is 0. The van der Waals surface area contributed by atoms with Gasteiger partial charge in [0, 0.05) is 27.9 Å². The van der Waals surface area contributed by atoms with Gasteiger partial charge in [0.2, 0.25) is 0 Å². The molecule has 0 atom stereocenters. The smallest absolute Gasteiger partial charge is 0.141 e. The number of hydrogen-bond acceptors (Lipinski definition) is 1. The molecular formula is C15H10Cl3FO. The Morgan fingerprint density at radius 3 is 2.25 bits per heavy atom. The van der Waals surface area contributed by atoms with E-state index in [2.05, 4.69) is 0 Å². The Labute approximate surface area is 131 Å². The Morgan fingerprint density at radius 2 is 1.60 bits per heavy atom. The van der Waals surface area contributed by atoms with Gasteiger partial charge in [-0.05, 0) is 41.5 Å². The number of carbonyl (C=O) groups excluding carboxylic acids is 1. The zero-order valence-electron chi connectivity index (χ0n) is 10.3. The second-order valence-electron chi connectivity index (χ2n) is 4.33. The van der Waals surface area contributed by atoms with Crippen LogP contribution in [0.25, 0.3) is 0 Å². The predicted molar refractivity (Wildman–Crippen MR) is 80.3 cm³/mol. The minimum absolute atomic E-state index is 0.0398. The fourth-order valence-electron chi connectivity index (χ4n) is 1.85. The zero-order valence-corrected chi connectivity index (χ0v) is 12.6. The summed E-state index contributed by atoms with van der Waals surface area (Å²) < 4.78 is 13.1. The average molecular weight is 332 g/mol. The van der Waals surface area contributed by atoms with Crippen LogP contribution in [0.4, 0.5) is 4.39 Å². The molecule has 0 saturated heterocycles. The van der Waals surface area contributed by atoms with Crippen LogP contribution in [0, 0.1) is 5.82 Å². The highest BCUT2D eigenvalue weighted by Crippen LogP contribution is 2.26. The molecule has 0 spiro atoms. The summed E-state index contributed by atoms with van der Waals surface area (Å²) in [5.41, 5.74) is 1.04. The van der Waals surface area contributed by atoms with Crippen LogP contribution in [-0.4, -0.2) is 5.78 Å². The number of ketones is 1. The zero-order chi connectivity index (χ0) is 14.7. The maximum atomic E-state index is 13.1. The van der Waals surface area contributed by atoms with Crippen molar-refractivity contribution in [3.63, 3.8) is 0 Å². The van der Waals surface area contributed by atoms with Gasteiger partial charge >= 0.3 is 0 Å². The van der Waals surface area contributed by atoms with Crippen molar-refractivity contribution in [1.29, 1.82) is 0 Å². The van der Waals surface area contributed by atoms with Crippen molar-refractivity contribution in [3.8, 4) is 0 Å². The molecule has 104 valence electrons. The molecule has 2 aromatic rings. The molecule has 0 N–H and O–H groups in total. The second kappa shape index (κ2) is 6.57. The summed E-state index contributed by atoms with van der Waals surface area (Å²) in [6, 6.07) is 9.00. The highest BCUT2D eigenvalue weighted by Gasteiger charge is 2.13. The van der Waals surface area contributed by atoms with Crippen molar-refractivity contribution in [1.82, 2.24) is 0 Å². The fraction of sp³-hybridized carbons (Fsp3) is 0.133. The third-order valence-electron chi connectivity index (χ3n) is 2.83. The van der Waals surface area contributed by atoms with E-state index in [1.165, 1.54) is 18.2 Å². The van der Waals surface area contributed by atoms with Crippen LogP contribution in [0.3, 0.4) is 0 Å². The molecule has 0 fully saturated rings. The van der Waals surface area contributed by atoms with Gasteiger partial charge in [0.15, 0.2) is 0 Å². The molecule has 0 unspecified atom stereocenters. The van der Waals surface area contributed by atoms with Crippen molar-refractivity contribution in [3.05, 3.63) is 68.4 Å².